The van der Waals surface area contributed by atoms with E-state index in [1.165, 1.54) is 9.88 Å². The zero-order valence-corrected chi connectivity index (χ0v) is 13.0. The highest BCUT2D eigenvalue weighted by atomic mass is 35.5. The van der Waals surface area contributed by atoms with Crippen LogP contribution in [0.2, 0.25) is 0 Å². The Balaban J connectivity index is 0.00000256. The second-order valence-electron chi connectivity index (χ2n) is 5.37. The summed E-state index contributed by atoms with van der Waals surface area (Å²) in [4.78, 5) is 8.06. The fourth-order valence-corrected chi connectivity index (χ4v) is 2.32. The normalized spacial score (nSPS) is 13.6. The van der Waals surface area contributed by atoms with E-state index in [2.05, 4.69) is 44.6 Å². The van der Waals surface area contributed by atoms with Crippen LogP contribution in [0, 0.1) is 0 Å². The molecular weight excluding hydrogens is 254 g/mol. The first kappa shape index (κ1) is 16.8. The number of likely N-dealkylation sites (N-methyl/N-ethyl adjacent to an activating group) is 1. The summed E-state index contributed by atoms with van der Waals surface area (Å²) >= 11 is 1.80. The lowest BCUT2D eigenvalue weighted by Crippen LogP contribution is -2.34. The molecule has 1 rings (SSSR count). The van der Waals surface area contributed by atoms with Crippen LogP contribution in [0.25, 0.3) is 0 Å². The molecule has 17 heavy (non-hydrogen) atoms. The number of thiazole rings is 1. The summed E-state index contributed by atoms with van der Waals surface area (Å²) in [5, 5.41) is 1.17. The predicted octanol–water partition coefficient (Wildman–Crippen LogP) is 2.64. The van der Waals surface area contributed by atoms with Crippen LogP contribution in [0.5, 0.6) is 0 Å². The molecule has 2 N–H and O–H groups in total. The average molecular weight is 278 g/mol. The molecule has 0 amide bonds. The third-order valence-electron chi connectivity index (χ3n) is 2.77. The fraction of sp³-hybridized carbons (Fsp3) is 0.750. The second kappa shape index (κ2) is 6.69. The lowest BCUT2D eigenvalue weighted by molar-refractivity contribution is 0.254. The van der Waals surface area contributed by atoms with Crippen LogP contribution in [-0.4, -0.2) is 29.5 Å². The van der Waals surface area contributed by atoms with Crippen LogP contribution in [0.15, 0.2) is 6.20 Å². The van der Waals surface area contributed by atoms with E-state index in [-0.39, 0.29) is 17.8 Å². The second-order valence-corrected chi connectivity index (χ2v) is 6.48. The number of nitrogens with two attached hydrogens (primary N) is 1. The van der Waals surface area contributed by atoms with Crippen molar-refractivity contribution >= 4 is 23.7 Å². The van der Waals surface area contributed by atoms with E-state index >= 15 is 0 Å². The van der Waals surface area contributed by atoms with Gasteiger partial charge in [-0.3, -0.25) is 4.90 Å². The zero-order valence-electron chi connectivity index (χ0n) is 11.4. The SMILES string of the molecule is CC(CN)N(C)Cc1ncc(C(C)(C)C)s1.Cl. The van der Waals surface area contributed by atoms with E-state index in [1.807, 2.05) is 6.20 Å². The van der Waals surface area contributed by atoms with Crippen molar-refractivity contribution in [3.05, 3.63) is 16.1 Å². The average Bonchev–Trinajstić information content (AvgIpc) is 2.64. The first-order valence-electron chi connectivity index (χ1n) is 5.70. The molecule has 1 unspecified atom stereocenters. The van der Waals surface area contributed by atoms with Crippen molar-refractivity contribution in [3.63, 3.8) is 0 Å². The molecule has 1 atom stereocenters. The summed E-state index contributed by atoms with van der Waals surface area (Å²) in [6.07, 6.45) is 2.00. The van der Waals surface area contributed by atoms with Crippen molar-refractivity contribution in [2.45, 2.75) is 45.7 Å². The number of aromatic nitrogens is 1. The van der Waals surface area contributed by atoms with Gasteiger partial charge in [-0.1, -0.05) is 20.8 Å². The van der Waals surface area contributed by atoms with E-state index in [9.17, 15) is 0 Å². The van der Waals surface area contributed by atoms with Crippen LogP contribution in [-0.2, 0) is 12.0 Å². The van der Waals surface area contributed by atoms with E-state index in [4.69, 9.17) is 5.73 Å². The van der Waals surface area contributed by atoms with Gasteiger partial charge >= 0.3 is 0 Å². The van der Waals surface area contributed by atoms with Gasteiger partial charge in [0.25, 0.3) is 0 Å². The van der Waals surface area contributed by atoms with Gasteiger partial charge in [0, 0.05) is 23.7 Å². The number of halogens is 1. The molecule has 1 heterocycles. The Morgan fingerprint density at radius 3 is 2.47 bits per heavy atom. The fourth-order valence-electron chi connectivity index (χ4n) is 1.28. The lowest BCUT2D eigenvalue weighted by atomic mass is 9.96. The molecule has 0 fully saturated rings. The quantitative estimate of drug-likeness (QED) is 0.920. The van der Waals surface area contributed by atoms with Crippen molar-refractivity contribution in [2.24, 2.45) is 5.73 Å². The van der Waals surface area contributed by atoms with Crippen molar-refractivity contribution in [1.82, 2.24) is 9.88 Å². The van der Waals surface area contributed by atoms with Gasteiger partial charge in [-0.25, -0.2) is 4.98 Å². The topological polar surface area (TPSA) is 42.1 Å². The molecule has 0 bridgehead atoms. The van der Waals surface area contributed by atoms with Gasteiger partial charge in [0.05, 0.1) is 6.54 Å². The van der Waals surface area contributed by atoms with Crippen LogP contribution >= 0.6 is 23.7 Å². The highest BCUT2D eigenvalue weighted by Crippen LogP contribution is 2.28. The van der Waals surface area contributed by atoms with Crippen LogP contribution < -0.4 is 5.73 Å². The van der Waals surface area contributed by atoms with E-state index in [1.54, 1.807) is 11.3 Å². The van der Waals surface area contributed by atoms with Gasteiger partial charge in [-0.2, -0.15) is 0 Å². The molecule has 0 aliphatic heterocycles. The van der Waals surface area contributed by atoms with Gasteiger partial charge in [-0.05, 0) is 19.4 Å². The summed E-state index contributed by atoms with van der Waals surface area (Å²) in [6, 6.07) is 0.405. The van der Waals surface area contributed by atoms with Gasteiger partial charge in [0.2, 0.25) is 0 Å². The highest BCUT2D eigenvalue weighted by Gasteiger charge is 2.18. The van der Waals surface area contributed by atoms with Crippen molar-refractivity contribution < 1.29 is 0 Å². The zero-order chi connectivity index (χ0) is 12.3. The van der Waals surface area contributed by atoms with Crippen molar-refractivity contribution in [1.29, 1.82) is 0 Å². The summed E-state index contributed by atoms with van der Waals surface area (Å²) < 4.78 is 0. The maximum atomic E-state index is 5.64. The van der Waals surface area contributed by atoms with Crippen molar-refractivity contribution in [2.75, 3.05) is 13.6 Å². The van der Waals surface area contributed by atoms with Gasteiger partial charge in [0.15, 0.2) is 0 Å². The van der Waals surface area contributed by atoms with Crippen LogP contribution in [0.1, 0.15) is 37.6 Å². The number of nitrogens with zero attached hydrogens (tertiary/aromatic N) is 2. The predicted molar refractivity (Wildman–Crippen MR) is 78.0 cm³/mol. The smallest absolute Gasteiger partial charge is 0.107 e. The lowest BCUT2D eigenvalue weighted by Gasteiger charge is -2.21. The Morgan fingerprint density at radius 1 is 1.47 bits per heavy atom. The molecule has 5 heteroatoms. The monoisotopic (exact) mass is 277 g/mol. The first-order chi connectivity index (χ1) is 7.34. The number of hydrogen-bond donors (Lipinski definition) is 1. The Morgan fingerprint density at radius 2 is 2.06 bits per heavy atom. The molecule has 0 saturated carbocycles. The summed E-state index contributed by atoms with van der Waals surface area (Å²) in [6.45, 7) is 10.4. The minimum Gasteiger partial charge on any atom is -0.329 e. The number of hydrogen-bond acceptors (Lipinski definition) is 4. The van der Waals surface area contributed by atoms with Gasteiger partial charge in [-0.15, -0.1) is 23.7 Å². The molecule has 100 valence electrons. The minimum absolute atomic E-state index is 0. The highest BCUT2D eigenvalue weighted by molar-refractivity contribution is 7.11. The maximum absolute atomic E-state index is 5.64. The first-order valence-corrected chi connectivity index (χ1v) is 6.51. The third-order valence-corrected chi connectivity index (χ3v) is 4.18. The minimum atomic E-state index is 0. The molecular formula is C12H24ClN3S. The molecule has 0 aliphatic carbocycles. The summed E-state index contributed by atoms with van der Waals surface area (Å²) in [7, 11) is 2.09. The Bertz CT molecular complexity index is 333. The van der Waals surface area contributed by atoms with Gasteiger partial charge < -0.3 is 5.73 Å². The molecule has 0 spiro atoms. The molecule has 3 nitrogen and oxygen atoms in total. The number of rotatable bonds is 4. The Kier molecular flexibility index (Phi) is 6.62. The Labute approximate surface area is 115 Å². The standard InChI is InChI=1S/C12H23N3S.ClH/c1-9(6-13)15(5)8-11-14-7-10(16-11)12(2,3)4;/h7,9H,6,8,13H2,1-5H3;1H. The van der Waals surface area contributed by atoms with E-state index in [0.29, 0.717) is 12.6 Å². The molecule has 1 aromatic rings. The molecule has 1 aromatic heterocycles. The largest absolute Gasteiger partial charge is 0.329 e. The molecule has 0 radical (unpaired) electrons. The van der Waals surface area contributed by atoms with E-state index in [0.717, 1.165) is 6.54 Å². The molecule has 0 saturated heterocycles. The van der Waals surface area contributed by atoms with E-state index < -0.39 is 0 Å². The van der Waals surface area contributed by atoms with Crippen molar-refractivity contribution in [3.8, 4) is 0 Å². The van der Waals surface area contributed by atoms with Crippen LogP contribution in [0.4, 0.5) is 0 Å². The molecule has 0 aliphatic rings. The summed E-state index contributed by atoms with van der Waals surface area (Å²) in [5.41, 5.74) is 5.84. The van der Waals surface area contributed by atoms with Gasteiger partial charge in [0.1, 0.15) is 5.01 Å². The third kappa shape index (κ3) is 4.92. The van der Waals surface area contributed by atoms with Crippen LogP contribution in [0.3, 0.4) is 0 Å². The summed E-state index contributed by atoms with van der Waals surface area (Å²) in [5.74, 6) is 0. The molecule has 0 aromatic carbocycles. The maximum Gasteiger partial charge on any atom is 0.107 e. The Hall–Kier alpha value is -0.160.